The van der Waals surface area contributed by atoms with E-state index in [0.717, 1.165) is 19.8 Å². The van der Waals surface area contributed by atoms with Crippen LogP contribution in [0.25, 0.3) is 0 Å². The summed E-state index contributed by atoms with van der Waals surface area (Å²) in [5.74, 6) is -2.22. The van der Waals surface area contributed by atoms with E-state index in [1.807, 2.05) is 6.08 Å². The van der Waals surface area contributed by atoms with Gasteiger partial charge in [0.05, 0.1) is 0 Å². The number of hydrogen-bond acceptors (Lipinski definition) is 0. The Labute approximate surface area is 72.0 Å². The van der Waals surface area contributed by atoms with Gasteiger partial charge in [0.25, 0.3) is 5.92 Å². The smallest absolute Gasteiger partial charge is 0.202 e. The molecule has 1 aliphatic carbocycles. The fourth-order valence-electron chi connectivity index (χ4n) is 1.29. The van der Waals surface area contributed by atoms with Gasteiger partial charge in [-0.1, -0.05) is 25.2 Å². The van der Waals surface area contributed by atoms with Crippen LogP contribution in [0.5, 0.6) is 0 Å². The molecule has 1 aliphatic rings. The molecule has 0 aromatic carbocycles. The summed E-state index contributed by atoms with van der Waals surface area (Å²) in [6, 6.07) is 0. The second kappa shape index (κ2) is 3.38. The van der Waals surface area contributed by atoms with Crippen molar-refractivity contribution in [3.8, 4) is 0 Å². The van der Waals surface area contributed by atoms with Crippen LogP contribution >= 0.6 is 0 Å². The number of allylic oxidation sites excluding steroid dienone is 4. The maximum atomic E-state index is 12.7. The van der Waals surface area contributed by atoms with Gasteiger partial charge in [-0.2, -0.15) is 0 Å². The van der Waals surface area contributed by atoms with E-state index in [0.29, 0.717) is 5.92 Å². The topological polar surface area (TPSA) is 0 Å². The molecule has 0 spiro atoms. The fraction of sp³-hybridized carbons (Fsp3) is 0.600. The van der Waals surface area contributed by atoms with Crippen molar-refractivity contribution in [1.29, 1.82) is 0 Å². The zero-order valence-electron chi connectivity index (χ0n) is 7.48. The van der Waals surface area contributed by atoms with Gasteiger partial charge < -0.3 is 0 Å². The minimum atomic E-state index is -2.67. The maximum Gasteiger partial charge on any atom is 0.270 e. The van der Waals surface area contributed by atoms with Crippen molar-refractivity contribution in [2.24, 2.45) is 5.92 Å². The summed E-state index contributed by atoms with van der Waals surface area (Å²) in [5, 5.41) is 0. The van der Waals surface area contributed by atoms with Gasteiger partial charge in [0.1, 0.15) is 0 Å². The molecule has 1 unspecified atom stereocenters. The summed E-state index contributed by atoms with van der Waals surface area (Å²) >= 11 is 0. The number of halogens is 2. The predicted octanol–water partition coefficient (Wildman–Crippen LogP) is 3.55. The van der Waals surface area contributed by atoms with Gasteiger partial charge in [-0.15, -0.1) is 0 Å². The molecule has 0 bridgehead atoms. The van der Waals surface area contributed by atoms with E-state index in [1.165, 1.54) is 0 Å². The molecular weight excluding hydrogens is 158 g/mol. The van der Waals surface area contributed by atoms with Crippen molar-refractivity contribution in [3.63, 3.8) is 0 Å². The molecule has 0 amide bonds. The first-order valence-corrected chi connectivity index (χ1v) is 4.30. The highest BCUT2D eigenvalue weighted by atomic mass is 19.3. The van der Waals surface area contributed by atoms with Crippen molar-refractivity contribution < 1.29 is 8.78 Å². The first-order chi connectivity index (χ1) is 5.54. The van der Waals surface area contributed by atoms with Crippen LogP contribution < -0.4 is 0 Å². The third-order valence-corrected chi connectivity index (χ3v) is 2.22. The number of hydrogen-bond donors (Lipinski definition) is 0. The monoisotopic (exact) mass is 172 g/mol. The molecule has 2 heteroatoms. The molecule has 0 nitrogen and oxygen atoms in total. The van der Waals surface area contributed by atoms with Crippen LogP contribution in [0.15, 0.2) is 23.8 Å². The molecular formula is C10H14F2. The summed E-state index contributed by atoms with van der Waals surface area (Å²) in [7, 11) is 0. The molecule has 0 saturated heterocycles. The van der Waals surface area contributed by atoms with Gasteiger partial charge in [0, 0.05) is 12.5 Å². The Bertz CT molecular complexity index is 208. The van der Waals surface area contributed by atoms with Crippen LogP contribution in [-0.2, 0) is 0 Å². The van der Waals surface area contributed by atoms with Crippen LogP contribution in [0.2, 0.25) is 0 Å². The summed E-state index contributed by atoms with van der Waals surface area (Å²) in [6.45, 7) is 3.01. The zero-order chi connectivity index (χ0) is 9.19. The van der Waals surface area contributed by atoms with Crippen molar-refractivity contribution in [2.45, 2.75) is 32.6 Å². The molecule has 0 aliphatic heterocycles. The lowest BCUT2D eigenvalue weighted by atomic mass is 9.93. The molecule has 0 N–H and O–H groups in total. The Morgan fingerprint density at radius 2 is 2.25 bits per heavy atom. The molecule has 12 heavy (non-hydrogen) atoms. The van der Waals surface area contributed by atoms with Gasteiger partial charge in [-0.05, 0) is 18.8 Å². The van der Waals surface area contributed by atoms with Gasteiger partial charge >= 0.3 is 0 Å². The second-order valence-electron chi connectivity index (χ2n) is 3.31. The lowest BCUT2D eigenvalue weighted by molar-refractivity contribution is 0.0666. The first-order valence-electron chi connectivity index (χ1n) is 4.30. The zero-order valence-corrected chi connectivity index (χ0v) is 7.48. The van der Waals surface area contributed by atoms with Gasteiger partial charge in [-0.25, -0.2) is 8.78 Å². The molecule has 68 valence electrons. The Hall–Kier alpha value is -0.660. The molecule has 0 saturated carbocycles. The highest BCUT2D eigenvalue weighted by molar-refractivity contribution is 5.29. The lowest BCUT2D eigenvalue weighted by Gasteiger charge is -2.18. The fourth-order valence-corrected chi connectivity index (χ4v) is 1.29. The number of rotatable bonds is 2. The average Bonchev–Trinajstić information content (AvgIpc) is 2.03. The summed E-state index contributed by atoms with van der Waals surface area (Å²) in [6.07, 6.45) is 6.86. The van der Waals surface area contributed by atoms with E-state index in [9.17, 15) is 8.78 Å². The van der Waals surface area contributed by atoms with E-state index in [1.54, 1.807) is 12.2 Å². The molecule has 0 radical (unpaired) electrons. The highest BCUT2D eigenvalue weighted by Crippen LogP contribution is 2.29. The highest BCUT2D eigenvalue weighted by Gasteiger charge is 2.26. The predicted molar refractivity (Wildman–Crippen MR) is 46.2 cm³/mol. The maximum absolute atomic E-state index is 12.7. The summed E-state index contributed by atoms with van der Waals surface area (Å²) in [5.41, 5.74) is 0.159. The van der Waals surface area contributed by atoms with Crippen molar-refractivity contribution in [2.75, 3.05) is 0 Å². The molecule has 1 atom stereocenters. The largest absolute Gasteiger partial charge is 0.270 e. The minimum Gasteiger partial charge on any atom is -0.202 e. The summed E-state index contributed by atoms with van der Waals surface area (Å²) in [4.78, 5) is 0. The Kier molecular flexibility index (Phi) is 2.65. The van der Waals surface area contributed by atoms with Crippen molar-refractivity contribution in [3.05, 3.63) is 23.8 Å². The van der Waals surface area contributed by atoms with Crippen molar-refractivity contribution in [1.82, 2.24) is 0 Å². The third-order valence-electron chi connectivity index (χ3n) is 2.22. The average molecular weight is 172 g/mol. The van der Waals surface area contributed by atoms with E-state index in [-0.39, 0.29) is 5.57 Å². The quantitative estimate of drug-likeness (QED) is 0.597. The van der Waals surface area contributed by atoms with E-state index in [4.69, 9.17) is 0 Å². The third kappa shape index (κ3) is 2.16. The Balaban J connectivity index is 2.64. The van der Waals surface area contributed by atoms with Crippen LogP contribution in [0.4, 0.5) is 8.78 Å². The SMILES string of the molecule is CCC1C=CC(C(C)(F)F)=CC1. The van der Waals surface area contributed by atoms with Crippen LogP contribution in [0.3, 0.4) is 0 Å². The molecule has 0 aromatic heterocycles. The number of alkyl halides is 2. The second-order valence-corrected chi connectivity index (χ2v) is 3.31. The van der Waals surface area contributed by atoms with E-state index < -0.39 is 5.92 Å². The summed E-state index contributed by atoms with van der Waals surface area (Å²) < 4.78 is 25.4. The molecule has 0 aromatic rings. The lowest BCUT2D eigenvalue weighted by Crippen LogP contribution is -2.14. The van der Waals surface area contributed by atoms with E-state index in [2.05, 4.69) is 6.92 Å². The Morgan fingerprint density at radius 1 is 1.58 bits per heavy atom. The minimum absolute atomic E-state index is 0.159. The molecule has 0 heterocycles. The standard InChI is InChI=1S/C10H14F2/c1-3-8-4-6-9(7-5-8)10(2,11)12/h4,6-8H,3,5H2,1-2H3. The van der Waals surface area contributed by atoms with Gasteiger partial charge in [-0.3, -0.25) is 0 Å². The van der Waals surface area contributed by atoms with Crippen LogP contribution in [0, 0.1) is 5.92 Å². The van der Waals surface area contributed by atoms with Crippen LogP contribution in [-0.4, -0.2) is 5.92 Å². The molecule has 0 fully saturated rings. The molecule has 1 rings (SSSR count). The van der Waals surface area contributed by atoms with Crippen LogP contribution in [0.1, 0.15) is 26.7 Å². The van der Waals surface area contributed by atoms with Crippen molar-refractivity contribution >= 4 is 0 Å². The normalized spacial score (nSPS) is 24.0. The van der Waals surface area contributed by atoms with E-state index >= 15 is 0 Å². The Morgan fingerprint density at radius 3 is 2.58 bits per heavy atom. The van der Waals surface area contributed by atoms with Gasteiger partial charge in [0.15, 0.2) is 0 Å². The first kappa shape index (κ1) is 9.43. The van der Waals surface area contributed by atoms with Gasteiger partial charge in [0.2, 0.25) is 0 Å².